The van der Waals surface area contributed by atoms with Gasteiger partial charge in [0.15, 0.2) is 0 Å². The smallest absolute Gasteiger partial charge is 0.112 e. The molecule has 0 unspecified atom stereocenters. The summed E-state index contributed by atoms with van der Waals surface area (Å²) < 4.78 is 6.68. The third-order valence-electron chi connectivity index (χ3n) is 6.34. The van der Waals surface area contributed by atoms with E-state index in [1.54, 1.807) is 0 Å². The number of ether oxygens (including phenoxy) is 1. The molecule has 2 nitrogen and oxygen atoms in total. The van der Waals surface area contributed by atoms with Gasteiger partial charge in [0.25, 0.3) is 0 Å². The minimum atomic E-state index is -0.744. The van der Waals surface area contributed by atoms with Gasteiger partial charge in [-0.3, -0.25) is 0 Å². The van der Waals surface area contributed by atoms with Gasteiger partial charge in [-0.25, -0.2) is 0 Å². The lowest BCUT2D eigenvalue weighted by molar-refractivity contribution is 0.150. The average molecular weight is 471 g/mol. The lowest BCUT2D eigenvalue weighted by Crippen LogP contribution is -2.13. The molecule has 0 amide bonds. The van der Waals surface area contributed by atoms with Crippen LogP contribution in [0, 0.1) is 0 Å². The second-order valence-corrected chi connectivity index (χ2v) is 10.8. The minimum Gasteiger partial charge on any atom is -0.644 e. The summed E-state index contributed by atoms with van der Waals surface area (Å²) in [6.45, 7) is 0. The van der Waals surface area contributed by atoms with Crippen LogP contribution in [0.25, 0.3) is 5.32 Å². The molecule has 0 saturated carbocycles. The molecule has 170 valence electrons. The summed E-state index contributed by atoms with van der Waals surface area (Å²) >= 11 is 0. The number of nitrogens with zero attached hydrogens (tertiary/aromatic N) is 1. The van der Waals surface area contributed by atoms with Crippen molar-refractivity contribution < 1.29 is 4.74 Å². The maximum absolute atomic E-state index is 6.68. The van der Waals surface area contributed by atoms with Crippen molar-refractivity contribution in [1.82, 2.24) is 0 Å². The van der Waals surface area contributed by atoms with Gasteiger partial charge in [-0.1, -0.05) is 145 Å². The number of benzene rings is 4. The van der Waals surface area contributed by atoms with Crippen LogP contribution in [0.1, 0.15) is 23.3 Å². The zero-order valence-electron chi connectivity index (χ0n) is 19.2. The molecule has 4 aromatic carbocycles. The van der Waals surface area contributed by atoms with Gasteiger partial charge in [0.05, 0.1) is 0 Å². The van der Waals surface area contributed by atoms with Crippen LogP contribution in [0.5, 0.6) is 0 Å². The summed E-state index contributed by atoms with van der Waals surface area (Å²) in [5.41, 5.74) is 3.39. The summed E-state index contributed by atoms with van der Waals surface area (Å²) in [5, 5.41) is 9.11. The molecule has 3 heteroatoms. The van der Waals surface area contributed by atoms with Crippen LogP contribution in [0.2, 0.25) is 0 Å². The van der Waals surface area contributed by atoms with Crippen molar-refractivity contribution in [3.63, 3.8) is 0 Å². The van der Waals surface area contributed by atoms with Gasteiger partial charge >= 0.3 is 0 Å². The SMILES string of the molecule is C1=C/C(=C2\[N-][C@H](c3ccccc3)[C@@H](c3ccccc3)O2)C(P(c2ccccc2)c2ccccc2)=C1. The molecule has 1 aliphatic carbocycles. The number of hydrogen-bond donors (Lipinski definition) is 0. The van der Waals surface area contributed by atoms with Gasteiger partial charge in [0, 0.05) is 11.5 Å². The second kappa shape index (κ2) is 9.78. The van der Waals surface area contributed by atoms with Crippen molar-refractivity contribution in [2.45, 2.75) is 12.1 Å². The molecular weight excluding hydrogens is 445 g/mol. The van der Waals surface area contributed by atoms with E-state index in [1.807, 2.05) is 12.1 Å². The Morgan fingerprint density at radius 3 is 1.69 bits per heavy atom. The largest absolute Gasteiger partial charge is 0.644 e. The van der Waals surface area contributed by atoms with Crippen molar-refractivity contribution in [2.75, 3.05) is 0 Å². The number of rotatable bonds is 5. The van der Waals surface area contributed by atoms with Crippen LogP contribution in [0.15, 0.2) is 156 Å². The monoisotopic (exact) mass is 470 g/mol. The zero-order chi connectivity index (χ0) is 23.5. The number of allylic oxidation sites excluding steroid dienone is 5. The Morgan fingerprint density at radius 2 is 1.11 bits per heavy atom. The van der Waals surface area contributed by atoms with E-state index in [0.717, 1.165) is 22.6 Å². The van der Waals surface area contributed by atoms with Crippen molar-refractivity contribution in [1.29, 1.82) is 0 Å². The molecule has 0 N–H and O–H groups in total. The summed E-state index contributed by atoms with van der Waals surface area (Å²) in [4.78, 5) is 0. The topological polar surface area (TPSA) is 23.3 Å². The lowest BCUT2D eigenvalue weighted by Gasteiger charge is -2.27. The highest BCUT2D eigenvalue weighted by atomic mass is 31.1. The molecule has 0 spiro atoms. The summed E-state index contributed by atoms with van der Waals surface area (Å²) in [7, 11) is -0.744. The zero-order valence-corrected chi connectivity index (χ0v) is 20.1. The van der Waals surface area contributed by atoms with E-state index in [4.69, 9.17) is 10.1 Å². The van der Waals surface area contributed by atoms with Crippen molar-refractivity contribution in [2.24, 2.45) is 0 Å². The van der Waals surface area contributed by atoms with Crippen LogP contribution in [0.4, 0.5) is 0 Å². The van der Waals surface area contributed by atoms with Gasteiger partial charge in [-0.2, -0.15) is 0 Å². The van der Waals surface area contributed by atoms with E-state index in [0.29, 0.717) is 0 Å². The molecule has 6 rings (SSSR count). The van der Waals surface area contributed by atoms with Crippen LogP contribution in [0.3, 0.4) is 0 Å². The molecule has 2 aliphatic rings. The molecule has 1 heterocycles. The second-order valence-electron chi connectivity index (χ2n) is 8.57. The van der Waals surface area contributed by atoms with Crippen molar-refractivity contribution >= 4 is 18.5 Å². The normalized spacial score (nSPS) is 21.0. The fraction of sp³-hybridized carbons (Fsp3) is 0.0625. The Hall–Kier alpha value is -3.87. The van der Waals surface area contributed by atoms with Gasteiger partial charge < -0.3 is 10.1 Å². The fourth-order valence-electron chi connectivity index (χ4n) is 4.70. The first-order valence-corrected chi connectivity index (χ1v) is 13.2. The van der Waals surface area contributed by atoms with Gasteiger partial charge in [-0.05, 0) is 35.5 Å². The first-order valence-electron chi connectivity index (χ1n) is 11.9. The first kappa shape index (κ1) is 21.6. The molecule has 0 aromatic heterocycles. The van der Waals surface area contributed by atoms with E-state index >= 15 is 0 Å². The molecule has 1 fully saturated rings. The van der Waals surface area contributed by atoms with Crippen LogP contribution < -0.4 is 10.6 Å². The molecule has 1 aliphatic heterocycles. The maximum atomic E-state index is 6.68. The first-order chi connectivity index (χ1) is 17.4. The maximum Gasteiger partial charge on any atom is 0.112 e. The predicted molar refractivity (Wildman–Crippen MR) is 146 cm³/mol. The Labute approximate surface area is 208 Å². The quantitative estimate of drug-likeness (QED) is 0.275. The lowest BCUT2D eigenvalue weighted by atomic mass is 9.97. The molecule has 0 bridgehead atoms. The van der Waals surface area contributed by atoms with Crippen LogP contribution in [-0.4, -0.2) is 0 Å². The van der Waals surface area contributed by atoms with E-state index in [9.17, 15) is 0 Å². The van der Waals surface area contributed by atoms with E-state index < -0.39 is 7.92 Å². The third-order valence-corrected chi connectivity index (χ3v) is 8.84. The summed E-state index contributed by atoms with van der Waals surface area (Å²) in [6.07, 6.45) is 6.37. The predicted octanol–water partition coefficient (Wildman–Crippen LogP) is 7.67. The number of hydrogen-bond acceptors (Lipinski definition) is 1. The third kappa shape index (κ3) is 4.34. The molecular formula is C32H25NOP-. The molecule has 2 atom stereocenters. The summed E-state index contributed by atoms with van der Waals surface area (Å²) in [6, 6.07) is 42.4. The van der Waals surface area contributed by atoms with Crippen molar-refractivity contribution in [3.05, 3.63) is 173 Å². The standard InChI is InChI=1S/C32H25NOP/c1-5-14-24(15-6-1)30-31(25-16-7-2-8-17-25)34-32(33-30)28-22-13-23-29(28)35(26-18-9-3-10-19-26)27-20-11-4-12-21-27/h1-23,30-31H/q-1/b32-28-/t30-,31-/m1/s1. The highest BCUT2D eigenvalue weighted by Crippen LogP contribution is 2.55. The highest BCUT2D eigenvalue weighted by Gasteiger charge is 2.30. The molecule has 1 saturated heterocycles. The Morgan fingerprint density at radius 1 is 0.600 bits per heavy atom. The van der Waals surface area contributed by atoms with Gasteiger partial charge in [0.1, 0.15) is 6.10 Å². The van der Waals surface area contributed by atoms with Gasteiger partial charge in [0.2, 0.25) is 0 Å². The molecule has 0 radical (unpaired) electrons. The summed E-state index contributed by atoms with van der Waals surface area (Å²) in [5.74, 6) is 0.729. The van der Waals surface area contributed by atoms with E-state index in [1.165, 1.54) is 15.9 Å². The average Bonchev–Trinajstić information content (AvgIpc) is 3.59. The Balaban J connectivity index is 1.43. The van der Waals surface area contributed by atoms with E-state index in [-0.39, 0.29) is 12.1 Å². The van der Waals surface area contributed by atoms with Crippen molar-refractivity contribution in [3.8, 4) is 0 Å². The van der Waals surface area contributed by atoms with E-state index in [2.05, 4.69) is 127 Å². The fourth-order valence-corrected chi connectivity index (χ4v) is 7.14. The Kier molecular flexibility index (Phi) is 6.05. The van der Waals surface area contributed by atoms with Crippen LogP contribution in [-0.2, 0) is 4.74 Å². The Bertz CT molecular complexity index is 1290. The van der Waals surface area contributed by atoms with Crippen LogP contribution >= 0.6 is 7.92 Å². The van der Waals surface area contributed by atoms with Gasteiger partial charge in [-0.15, -0.1) is 0 Å². The highest BCUT2D eigenvalue weighted by molar-refractivity contribution is 7.77. The molecule has 4 aromatic rings. The minimum absolute atomic E-state index is 0.0870. The molecule has 35 heavy (non-hydrogen) atoms.